The lowest BCUT2D eigenvalue weighted by atomic mass is 9.71. The number of anilines is 3. The Balaban J connectivity index is 1.52. The first-order valence-electron chi connectivity index (χ1n) is 13.7. The smallest absolute Gasteiger partial charge is 0.269 e. The summed E-state index contributed by atoms with van der Waals surface area (Å²) in [6.45, 7) is 4.89. The molecule has 3 aliphatic rings. The molecule has 0 saturated carbocycles. The Morgan fingerprint density at radius 3 is 2.48 bits per heavy atom. The van der Waals surface area contributed by atoms with Gasteiger partial charge in [-0.2, -0.15) is 0 Å². The summed E-state index contributed by atoms with van der Waals surface area (Å²) in [7, 11) is 0. The number of amides is 2. The lowest BCUT2D eigenvalue weighted by Crippen LogP contribution is -2.45. The summed E-state index contributed by atoms with van der Waals surface area (Å²) in [6.07, 6.45) is -0.455. The van der Waals surface area contributed by atoms with Crippen molar-refractivity contribution >= 4 is 28.9 Å². The number of para-hydroxylation sites is 2. The Morgan fingerprint density at radius 2 is 1.75 bits per heavy atom. The third-order valence-corrected chi connectivity index (χ3v) is 8.51. The Kier molecular flexibility index (Phi) is 6.43. The minimum atomic E-state index is -1.66. The quantitative estimate of drug-likeness (QED) is 0.458. The highest BCUT2D eigenvalue weighted by molar-refractivity contribution is 6.09. The number of carbonyl (C=O) groups is 2. The zero-order valence-electron chi connectivity index (χ0n) is 22.8. The van der Waals surface area contributed by atoms with E-state index in [-0.39, 0.29) is 31.4 Å². The van der Waals surface area contributed by atoms with Gasteiger partial charge in [-0.3, -0.25) is 14.5 Å². The monoisotopic (exact) mass is 544 g/mol. The van der Waals surface area contributed by atoms with Crippen LogP contribution < -0.4 is 14.5 Å². The number of halogens is 1. The molecular formula is C32H33FN2O5. The van der Waals surface area contributed by atoms with Crippen LogP contribution in [0, 0.1) is 11.8 Å². The van der Waals surface area contributed by atoms with Gasteiger partial charge in [-0.25, -0.2) is 4.39 Å². The molecule has 4 atom stereocenters. The molecule has 0 aliphatic carbocycles. The van der Waals surface area contributed by atoms with Gasteiger partial charge in [0.2, 0.25) is 0 Å². The minimum absolute atomic E-state index is 0.109. The second-order valence-electron chi connectivity index (χ2n) is 11.3. The highest BCUT2D eigenvalue weighted by Gasteiger charge is 2.66. The van der Waals surface area contributed by atoms with Crippen LogP contribution in [0.15, 0.2) is 72.8 Å². The molecule has 3 aliphatic heterocycles. The third-order valence-electron chi connectivity index (χ3n) is 8.51. The lowest BCUT2D eigenvalue weighted by molar-refractivity contribution is -0.146. The number of hydrogen-bond acceptors (Lipinski definition) is 5. The standard InChI is InChI=1S/C32H33FN2O5/c1-20-29(31(2,3)33)27(15-16-36)40-32(20)23-17-22(35-25-11-7-8-12-26(25)39-19-28(35)37)13-14-24(23)34(30(32)38)18-21-9-5-4-6-10-21/h4-14,17,20,27,29,36H,15-16,18-19H2,1-3H3/t20-,27+,29-,32+/m0/s1. The maximum atomic E-state index is 15.7. The molecule has 1 N–H and O–H groups in total. The van der Waals surface area contributed by atoms with Crippen molar-refractivity contribution in [2.45, 2.75) is 51.1 Å². The summed E-state index contributed by atoms with van der Waals surface area (Å²) in [5.41, 5.74) is 0.268. The number of hydrogen-bond donors (Lipinski definition) is 1. The normalized spacial score (nSPS) is 25.8. The van der Waals surface area contributed by atoms with E-state index in [4.69, 9.17) is 9.47 Å². The van der Waals surface area contributed by atoms with Crippen molar-refractivity contribution in [2.75, 3.05) is 23.0 Å². The highest BCUT2D eigenvalue weighted by atomic mass is 19.1. The van der Waals surface area contributed by atoms with E-state index >= 15 is 4.39 Å². The number of aliphatic hydroxyl groups is 1. The molecule has 3 aromatic rings. The number of fused-ring (bicyclic) bond motifs is 3. The lowest BCUT2D eigenvalue weighted by Gasteiger charge is -2.33. The Hall–Kier alpha value is -3.75. The molecule has 0 bridgehead atoms. The predicted molar refractivity (Wildman–Crippen MR) is 149 cm³/mol. The van der Waals surface area contributed by atoms with Crippen LogP contribution in [0.1, 0.15) is 38.3 Å². The van der Waals surface area contributed by atoms with Gasteiger partial charge in [-0.1, -0.05) is 49.4 Å². The molecular weight excluding hydrogens is 511 g/mol. The van der Waals surface area contributed by atoms with Gasteiger partial charge in [0.05, 0.1) is 24.0 Å². The van der Waals surface area contributed by atoms with E-state index in [1.807, 2.05) is 79.7 Å². The van der Waals surface area contributed by atoms with Gasteiger partial charge in [0.1, 0.15) is 11.4 Å². The van der Waals surface area contributed by atoms with Crippen LogP contribution >= 0.6 is 0 Å². The van der Waals surface area contributed by atoms with E-state index < -0.39 is 29.2 Å². The molecule has 1 spiro atoms. The molecule has 7 nitrogen and oxygen atoms in total. The fourth-order valence-corrected chi connectivity index (χ4v) is 6.88. The second kappa shape index (κ2) is 9.71. The summed E-state index contributed by atoms with van der Waals surface area (Å²) >= 11 is 0. The fraction of sp³-hybridized carbons (Fsp3) is 0.375. The van der Waals surface area contributed by atoms with Crippen LogP contribution in [0.5, 0.6) is 5.75 Å². The van der Waals surface area contributed by atoms with E-state index in [9.17, 15) is 14.7 Å². The summed E-state index contributed by atoms with van der Waals surface area (Å²) in [5.74, 6) is -1.09. The maximum absolute atomic E-state index is 15.7. The molecule has 8 heteroatoms. The SMILES string of the molecule is C[C@H]1[C@H](C(C)(C)F)[C@@H](CCO)O[C@]12C(=O)N(Cc1ccccc1)c1ccc(N3C(=O)COc4ccccc43)cc12. The molecule has 0 radical (unpaired) electrons. The van der Waals surface area contributed by atoms with E-state index in [0.29, 0.717) is 34.9 Å². The van der Waals surface area contributed by atoms with Crippen LogP contribution in [0.3, 0.4) is 0 Å². The third kappa shape index (κ3) is 4.00. The highest BCUT2D eigenvalue weighted by Crippen LogP contribution is 2.59. The molecule has 40 heavy (non-hydrogen) atoms. The van der Waals surface area contributed by atoms with Crippen molar-refractivity contribution < 1.29 is 28.6 Å². The summed E-state index contributed by atoms with van der Waals surface area (Å²) in [4.78, 5) is 30.9. The van der Waals surface area contributed by atoms with Gasteiger partial charge < -0.3 is 19.5 Å². The molecule has 208 valence electrons. The van der Waals surface area contributed by atoms with E-state index in [0.717, 1.165) is 5.56 Å². The van der Waals surface area contributed by atoms with Gasteiger partial charge in [0.15, 0.2) is 12.2 Å². The van der Waals surface area contributed by atoms with Gasteiger partial charge in [0.25, 0.3) is 11.8 Å². The number of carbonyl (C=O) groups excluding carboxylic acids is 2. The number of rotatable bonds is 6. The Labute approximate surface area is 233 Å². The maximum Gasteiger partial charge on any atom is 0.269 e. The average molecular weight is 545 g/mol. The van der Waals surface area contributed by atoms with Crippen LogP contribution in [-0.2, 0) is 26.5 Å². The number of benzene rings is 3. The topological polar surface area (TPSA) is 79.3 Å². The molecule has 1 fully saturated rings. The van der Waals surface area contributed by atoms with Crippen molar-refractivity contribution in [1.82, 2.24) is 0 Å². The van der Waals surface area contributed by atoms with Crippen molar-refractivity contribution in [3.05, 3.63) is 83.9 Å². The van der Waals surface area contributed by atoms with Crippen molar-refractivity contribution in [3.8, 4) is 5.75 Å². The minimum Gasteiger partial charge on any atom is -0.482 e. The second-order valence-corrected chi connectivity index (χ2v) is 11.3. The molecule has 0 aromatic heterocycles. The molecule has 3 aromatic carbocycles. The predicted octanol–water partition coefficient (Wildman–Crippen LogP) is 5.27. The largest absolute Gasteiger partial charge is 0.482 e. The first-order chi connectivity index (χ1) is 19.2. The summed E-state index contributed by atoms with van der Waals surface area (Å²) < 4.78 is 28.0. The Morgan fingerprint density at radius 1 is 1.02 bits per heavy atom. The van der Waals surface area contributed by atoms with Gasteiger partial charge in [-0.15, -0.1) is 0 Å². The number of nitrogens with zero attached hydrogens (tertiary/aromatic N) is 2. The first-order valence-corrected chi connectivity index (χ1v) is 13.7. The Bertz CT molecular complexity index is 1460. The van der Waals surface area contributed by atoms with Crippen LogP contribution in [0.2, 0.25) is 0 Å². The summed E-state index contributed by atoms with van der Waals surface area (Å²) in [6, 6.07) is 22.5. The van der Waals surface area contributed by atoms with Crippen molar-refractivity contribution in [2.24, 2.45) is 11.8 Å². The first kappa shape index (κ1) is 26.5. The molecule has 2 amide bonds. The van der Waals surface area contributed by atoms with Gasteiger partial charge in [0, 0.05) is 29.7 Å². The van der Waals surface area contributed by atoms with Crippen LogP contribution in [0.4, 0.5) is 21.5 Å². The molecule has 6 rings (SSSR count). The van der Waals surface area contributed by atoms with E-state index in [1.165, 1.54) is 13.8 Å². The average Bonchev–Trinajstić information content (AvgIpc) is 3.36. The van der Waals surface area contributed by atoms with Crippen LogP contribution in [-0.4, -0.2) is 41.9 Å². The van der Waals surface area contributed by atoms with Crippen LogP contribution in [0.25, 0.3) is 0 Å². The van der Waals surface area contributed by atoms with Gasteiger partial charge >= 0.3 is 0 Å². The van der Waals surface area contributed by atoms with Crippen molar-refractivity contribution in [1.29, 1.82) is 0 Å². The van der Waals surface area contributed by atoms with Crippen molar-refractivity contribution in [3.63, 3.8) is 0 Å². The van der Waals surface area contributed by atoms with E-state index in [2.05, 4.69) is 0 Å². The zero-order valence-corrected chi connectivity index (χ0v) is 22.8. The number of ether oxygens (including phenoxy) is 2. The summed E-state index contributed by atoms with van der Waals surface area (Å²) in [5, 5.41) is 9.82. The fourth-order valence-electron chi connectivity index (χ4n) is 6.88. The number of aliphatic hydroxyl groups excluding tert-OH is 1. The van der Waals surface area contributed by atoms with E-state index in [1.54, 1.807) is 9.80 Å². The number of alkyl halides is 1. The van der Waals surface area contributed by atoms with Gasteiger partial charge in [-0.05, 0) is 56.2 Å². The molecule has 1 saturated heterocycles. The molecule has 3 heterocycles. The zero-order chi connectivity index (χ0) is 28.2. The molecule has 0 unspecified atom stereocenters.